The van der Waals surface area contributed by atoms with Crippen molar-refractivity contribution in [1.82, 2.24) is 4.90 Å². The largest absolute Gasteiger partial charge is 0.496 e. The lowest BCUT2D eigenvalue weighted by Crippen LogP contribution is -2.24. The van der Waals surface area contributed by atoms with Crippen LogP contribution in [0.25, 0.3) is 0 Å². The Morgan fingerprint density at radius 3 is 2.69 bits per heavy atom. The molecule has 0 bridgehead atoms. The topological polar surface area (TPSA) is 103 Å². The van der Waals surface area contributed by atoms with Crippen LogP contribution in [-0.4, -0.2) is 49.6 Å². The molecule has 0 atom stereocenters. The zero-order valence-electron chi connectivity index (χ0n) is 16.3. The van der Waals surface area contributed by atoms with E-state index in [2.05, 4.69) is 5.32 Å². The summed E-state index contributed by atoms with van der Waals surface area (Å²) in [6.45, 7) is 2.20. The van der Waals surface area contributed by atoms with E-state index in [1.807, 2.05) is 30.1 Å². The van der Waals surface area contributed by atoms with Gasteiger partial charge in [-0.15, -0.1) is 0 Å². The van der Waals surface area contributed by atoms with Gasteiger partial charge in [-0.1, -0.05) is 6.07 Å². The summed E-state index contributed by atoms with van der Waals surface area (Å²) in [6, 6.07) is 10.1. The van der Waals surface area contributed by atoms with E-state index >= 15 is 0 Å². The van der Waals surface area contributed by atoms with Crippen molar-refractivity contribution in [3.63, 3.8) is 0 Å². The Morgan fingerprint density at radius 2 is 1.97 bits per heavy atom. The molecular formula is C20H23N3O6. The van der Waals surface area contributed by atoms with Crippen LogP contribution in [0.2, 0.25) is 0 Å². The van der Waals surface area contributed by atoms with Gasteiger partial charge >= 0.3 is 0 Å². The van der Waals surface area contributed by atoms with Gasteiger partial charge in [-0.25, -0.2) is 0 Å². The first kappa shape index (κ1) is 20.4. The fraction of sp³-hybridized carbons (Fsp3) is 0.350. The minimum Gasteiger partial charge on any atom is -0.496 e. The maximum Gasteiger partial charge on any atom is 0.296 e. The number of ether oxygens (including phenoxy) is 3. The molecule has 1 aliphatic heterocycles. The van der Waals surface area contributed by atoms with E-state index < -0.39 is 4.92 Å². The van der Waals surface area contributed by atoms with Crippen LogP contribution in [-0.2, 0) is 11.3 Å². The summed E-state index contributed by atoms with van der Waals surface area (Å²) < 4.78 is 16.1. The molecule has 154 valence electrons. The predicted octanol–water partition coefficient (Wildman–Crippen LogP) is 2.84. The van der Waals surface area contributed by atoms with E-state index in [9.17, 15) is 14.9 Å². The quantitative estimate of drug-likeness (QED) is 0.536. The molecule has 0 aliphatic carbocycles. The number of hydrogen-bond donors (Lipinski definition) is 1. The molecule has 0 spiro atoms. The van der Waals surface area contributed by atoms with Crippen LogP contribution < -0.4 is 19.5 Å². The van der Waals surface area contributed by atoms with E-state index in [4.69, 9.17) is 14.2 Å². The van der Waals surface area contributed by atoms with Gasteiger partial charge in [0.1, 0.15) is 24.7 Å². The van der Waals surface area contributed by atoms with Gasteiger partial charge in [0.15, 0.2) is 11.5 Å². The summed E-state index contributed by atoms with van der Waals surface area (Å²) in [5, 5.41) is 13.8. The lowest BCUT2D eigenvalue weighted by atomic mass is 10.2. The molecule has 0 unspecified atom stereocenters. The first-order valence-electron chi connectivity index (χ1n) is 9.15. The number of rotatable bonds is 8. The average molecular weight is 401 g/mol. The predicted molar refractivity (Wildman–Crippen MR) is 107 cm³/mol. The summed E-state index contributed by atoms with van der Waals surface area (Å²) in [6.07, 6.45) is 0.199. The van der Waals surface area contributed by atoms with Crippen molar-refractivity contribution in [2.75, 3.05) is 39.2 Å². The average Bonchev–Trinajstić information content (AvgIpc) is 2.72. The van der Waals surface area contributed by atoms with Crippen molar-refractivity contribution in [2.24, 2.45) is 0 Å². The van der Waals surface area contributed by atoms with Gasteiger partial charge < -0.3 is 24.4 Å². The van der Waals surface area contributed by atoms with Crippen molar-refractivity contribution in [2.45, 2.75) is 13.0 Å². The van der Waals surface area contributed by atoms with E-state index in [1.165, 1.54) is 19.2 Å². The summed E-state index contributed by atoms with van der Waals surface area (Å²) in [5.74, 6) is 1.52. The molecule has 2 aromatic rings. The summed E-state index contributed by atoms with van der Waals surface area (Å²) in [7, 11) is 3.33. The van der Waals surface area contributed by atoms with Crippen LogP contribution in [0.1, 0.15) is 12.0 Å². The maximum atomic E-state index is 12.3. The molecule has 0 aromatic heterocycles. The van der Waals surface area contributed by atoms with Crippen molar-refractivity contribution in [3.8, 4) is 17.2 Å². The number of hydrogen-bond acceptors (Lipinski definition) is 7. The summed E-state index contributed by atoms with van der Waals surface area (Å²) >= 11 is 0. The first-order chi connectivity index (χ1) is 14.0. The highest BCUT2D eigenvalue weighted by Crippen LogP contribution is 2.31. The van der Waals surface area contributed by atoms with Crippen molar-refractivity contribution in [3.05, 3.63) is 52.1 Å². The molecule has 0 saturated heterocycles. The van der Waals surface area contributed by atoms with E-state index in [0.29, 0.717) is 32.1 Å². The Bertz CT molecular complexity index is 902. The molecule has 1 heterocycles. The van der Waals surface area contributed by atoms with Gasteiger partial charge in [0.05, 0.1) is 18.1 Å². The lowest BCUT2D eigenvalue weighted by Gasteiger charge is -2.21. The molecule has 29 heavy (non-hydrogen) atoms. The summed E-state index contributed by atoms with van der Waals surface area (Å²) in [5.41, 5.74) is 0.987. The molecule has 1 amide bonds. The minimum atomic E-state index is -0.549. The number of nitro groups is 1. The number of carbonyl (C=O) groups is 1. The lowest BCUT2D eigenvalue weighted by molar-refractivity contribution is -0.384. The molecule has 9 heteroatoms. The monoisotopic (exact) mass is 401 g/mol. The van der Waals surface area contributed by atoms with Crippen LogP contribution in [0.3, 0.4) is 0 Å². The fourth-order valence-electron chi connectivity index (χ4n) is 2.98. The Kier molecular flexibility index (Phi) is 6.50. The zero-order valence-corrected chi connectivity index (χ0v) is 16.3. The molecular weight excluding hydrogens is 378 g/mol. The Morgan fingerprint density at radius 1 is 1.21 bits per heavy atom. The van der Waals surface area contributed by atoms with Crippen LogP contribution >= 0.6 is 0 Å². The molecule has 1 aliphatic rings. The number of amides is 1. The van der Waals surface area contributed by atoms with Crippen molar-refractivity contribution in [1.29, 1.82) is 0 Å². The molecule has 0 fully saturated rings. The number of nitrogens with one attached hydrogen (secondary N) is 1. The van der Waals surface area contributed by atoms with Gasteiger partial charge in [0, 0.05) is 19.5 Å². The highest BCUT2D eigenvalue weighted by atomic mass is 16.6. The van der Waals surface area contributed by atoms with E-state index in [1.54, 1.807) is 6.07 Å². The third kappa shape index (κ3) is 5.35. The van der Waals surface area contributed by atoms with Gasteiger partial charge in [-0.2, -0.15) is 0 Å². The minimum absolute atomic E-state index is 0.148. The van der Waals surface area contributed by atoms with Crippen LogP contribution in [0.5, 0.6) is 17.2 Å². The number of fused-ring (bicyclic) bond motifs is 1. The van der Waals surface area contributed by atoms with Gasteiger partial charge in [-0.05, 0) is 36.9 Å². The van der Waals surface area contributed by atoms with Gasteiger partial charge in [-0.3, -0.25) is 14.9 Å². The zero-order chi connectivity index (χ0) is 20.8. The van der Waals surface area contributed by atoms with Gasteiger partial charge in [0.2, 0.25) is 5.91 Å². The third-order valence-corrected chi connectivity index (χ3v) is 4.46. The normalized spacial score (nSPS) is 12.5. The Labute approximate surface area is 168 Å². The number of nitro benzene ring substituents is 1. The third-order valence-electron chi connectivity index (χ3n) is 4.46. The highest BCUT2D eigenvalue weighted by Gasteiger charge is 2.18. The fourth-order valence-corrected chi connectivity index (χ4v) is 2.98. The summed E-state index contributed by atoms with van der Waals surface area (Å²) in [4.78, 5) is 24.9. The van der Waals surface area contributed by atoms with Gasteiger partial charge in [0.25, 0.3) is 5.69 Å². The molecule has 0 radical (unpaired) electrons. The van der Waals surface area contributed by atoms with Crippen molar-refractivity contribution < 1.29 is 23.9 Å². The molecule has 2 aromatic carbocycles. The first-order valence-corrected chi connectivity index (χ1v) is 9.15. The molecule has 3 rings (SSSR count). The van der Waals surface area contributed by atoms with Crippen LogP contribution in [0, 0.1) is 10.1 Å². The smallest absolute Gasteiger partial charge is 0.296 e. The molecule has 1 N–H and O–H groups in total. The maximum absolute atomic E-state index is 12.3. The number of benzene rings is 2. The SMILES string of the molecule is COc1ccc(NC(=O)CCN(C)Cc2ccc3c(c2)OCCO3)c([N+](=O)[O-])c1. The van der Waals surface area contributed by atoms with Crippen LogP contribution in [0.15, 0.2) is 36.4 Å². The number of methoxy groups -OCH3 is 1. The Balaban J connectivity index is 1.53. The molecule has 0 saturated carbocycles. The standard InChI is InChI=1S/C20H23N3O6/c1-22(13-14-3-6-18-19(11-14)29-10-9-28-18)8-7-20(24)21-16-5-4-15(27-2)12-17(16)23(25)26/h3-6,11-12H,7-10,13H2,1-2H3,(H,21,24). The van der Waals surface area contributed by atoms with E-state index in [-0.39, 0.29) is 23.7 Å². The second kappa shape index (κ2) is 9.24. The number of nitrogens with zero attached hydrogens (tertiary/aromatic N) is 2. The van der Waals surface area contributed by atoms with Crippen LogP contribution in [0.4, 0.5) is 11.4 Å². The second-order valence-corrected chi connectivity index (χ2v) is 6.65. The van der Waals surface area contributed by atoms with E-state index in [0.717, 1.165) is 17.1 Å². The number of anilines is 1. The molecule has 9 nitrogen and oxygen atoms in total. The number of carbonyl (C=O) groups excluding carboxylic acids is 1. The highest BCUT2D eigenvalue weighted by molar-refractivity contribution is 5.93. The van der Waals surface area contributed by atoms with Crippen molar-refractivity contribution >= 4 is 17.3 Å². The second-order valence-electron chi connectivity index (χ2n) is 6.65. The Hall–Kier alpha value is -3.33.